The summed E-state index contributed by atoms with van der Waals surface area (Å²) in [5, 5.41) is 0. The molecule has 0 aliphatic carbocycles. The van der Waals surface area contributed by atoms with E-state index < -0.39 is 0 Å². The Balaban J connectivity index is 0. The Hall–Kier alpha value is 1.08. The molecule has 0 N–H and O–H groups in total. The van der Waals surface area contributed by atoms with E-state index in [2.05, 4.69) is 48.2 Å². The molecule has 0 nitrogen and oxygen atoms in total. The van der Waals surface area contributed by atoms with E-state index in [0.717, 1.165) is 0 Å². The van der Waals surface area contributed by atoms with Crippen LogP contribution in [0.2, 0.25) is 0 Å². The summed E-state index contributed by atoms with van der Waals surface area (Å²) in [7, 11) is 0. The summed E-state index contributed by atoms with van der Waals surface area (Å²) in [5.41, 5.74) is 0. The van der Waals surface area contributed by atoms with Crippen LogP contribution < -0.4 is 0 Å². The second-order valence-corrected chi connectivity index (χ2v) is 3.54. The maximum atomic E-state index is 2.25. The van der Waals surface area contributed by atoms with Crippen molar-refractivity contribution >= 4 is 34.4 Å². The summed E-state index contributed by atoms with van der Waals surface area (Å²) < 4.78 is 0. The lowest BCUT2D eigenvalue weighted by molar-refractivity contribution is 0.879. The van der Waals surface area contributed by atoms with Gasteiger partial charge >= 0.3 is 0 Å². The van der Waals surface area contributed by atoms with E-state index in [1.165, 1.54) is 37.2 Å². The SMILES string of the molecule is CCCCSCCCC.CI. The minimum atomic E-state index is 1.35. The van der Waals surface area contributed by atoms with Crippen LogP contribution in [-0.2, 0) is 0 Å². The average Bonchev–Trinajstić information content (AvgIpc) is 2.08. The fourth-order valence-corrected chi connectivity index (χ4v) is 1.78. The van der Waals surface area contributed by atoms with Crippen LogP contribution in [0.1, 0.15) is 39.5 Å². The fraction of sp³-hybridized carbons (Fsp3) is 1.00. The Labute approximate surface area is 90.0 Å². The van der Waals surface area contributed by atoms with Gasteiger partial charge in [-0.15, -0.1) is 0 Å². The predicted octanol–water partition coefficient (Wildman–Crippen LogP) is 4.37. The molecule has 0 unspecified atom stereocenters. The third-order valence-corrected chi connectivity index (χ3v) is 2.44. The molecular weight excluding hydrogens is 267 g/mol. The molecule has 70 valence electrons. The normalized spacial score (nSPS) is 8.73. The predicted molar refractivity (Wildman–Crippen MR) is 67.1 cm³/mol. The molecule has 0 aromatic rings. The first-order valence-electron chi connectivity index (χ1n) is 4.37. The molecular formula is C9H21IS. The molecule has 0 saturated heterocycles. The van der Waals surface area contributed by atoms with Crippen molar-refractivity contribution in [1.82, 2.24) is 0 Å². The van der Waals surface area contributed by atoms with Gasteiger partial charge in [-0.1, -0.05) is 49.3 Å². The van der Waals surface area contributed by atoms with Crippen LogP contribution in [0, 0.1) is 0 Å². The van der Waals surface area contributed by atoms with Crippen molar-refractivity contribution < 1.29 is 0 Å². The Bertz CT molecular complexity index is 42.8. The van der Waals surface area contributed by atoms with E-state index in [0.29, 0.717) is 0 Å². The van der Waals surface area contributed by atoms with Gasteiger partial charge in [0.1, 0.15) is 0 Å². The maximum absolute atomic E-state index is 2.25. The molecule has 0 atom stereocenters. The highest BCUT2D eigenvalue weighted by Gasteiger charge is 1.85. The summed E-state index contributed by atoms with van der Waals surface area (Å²) in [5.74, 6) is 2.74. The highest BCUT2D eigenvalue weighted by atomic mass is 127. The van der Waals surface area contributed by atoms with Crippen molar-refractivity contribution in [2.24, 2.45) is 0 Å². The monoisotopic (exact) mass is 288 g/mol. The second-order valence-electron chi connectivity index (χ2n) is 2.32. The molecule has 0 aromatic heterocycles. The van der Waals surface area contributed by atoms with Gasteiger partial charge in [-0.05, 0) is 29.3 Å². The number of rotatable bonds is 6. The number of hydrogen-bond donors (Lipinski definition) is 0. The highest BCUT2D eigenvalue weighted by Crippen LogP contribution is 2.06. The smallest absolute Gasteiger partial charge is 0.00676 e. The molecule has 0 spiro atoms. The standard InChI is InChI=1S/C8H18S.CH3I/c1-3-5-7-9-8-6-4-2;1-2/h3-8H2,1-2H3;1H3. The van der Waals surface area contributed by atoms with Crippen LogP contribution in [0.5, 0.6) is 0 Å². The lowest BCUT2D eigenvalue weighted by Gasteiger charge is -1.96. The average molecular weight is 288 g/mol. The molecule has 0 heterocycles. The molecule has 0 aromatic carbocycles. The third kappa shape index (κ3) is 18.2. The van der Waals surface area contributed by atoms with Crippen molar-refractivity contribution in [3.05, 3.63) is 0 Å². The van der Waals surface area contributed by atoms with Crippen LogP contribution in [0.3, 0.4) is 0 Å². The Morgan fingerprint density at radius 2 is 1.27 bits per heavy atom. The lowest BCUT2D eigenvalue weighted by atomic mass is 10.4. The Morgan fingerprint density at radius 3 is 1.55 bits per heavy atom. The molecule has 0 rings (SSSR count). The van der Waals surface area contributed by atoms with Gasteiger partial charge in [-0.3, -0.25) is 0 Å². The minimum absolute atomic E-state index is 1.35. The number of thioether (sulfide) groups is 1. The Morgan fingerprint density at radius 1 is 0.909 bits per heavy atom. The summed E-state index contributed by atoms with van der Waals surface area (Å²) in [6.07, 6.45) is 5.49. The molecule has 2 heteroatoms. The maximum Gasteiger partial charge on any atom is -0.00676 e. The van der Waals surface area contributed by atoms with E-state index in [-0.39, 0.29) is 0 Å². The highest BCUT2D eigenvalue weighted by molar-refractivity contribution is 14.1. The van der Waals surface area contributed by atoms with Crippen LogP contribution in [0.4, 0.5) is 0 Å². The molecule has 11 heavy (non-hydrogen) atoms. The molecule has 0 fully saturated rings. The van der Waals surface area contributed by atoms with Crippen molar-refractivity contribution in [3.63, 3.8) is 0 Å². The van der Waals surface area contributed by atoms with Crippen LogP contribution in [0.25, 0.3) is 0 Å². The third-order valence-electron chi connectivity index (χ3n) is 1.28. The minimum Gasteiger partial charge on any atom is -0.162 e. The van der Waals surface area contributed by atoms with E-state index in [4.69, 9.17) is 0 Å². The van der Waals surface area contributed by atoms with E-state index in [1.54, 1.807) is 0 Å². The van der Waals surface area contributed by atoms with E-state index in [9.17, 15) is 0 Å². The lowest BCUT2D eigenvalue weighted by Crippen LogP contribution is -1.81. The van der Waals surface area contributed by atoms with Crippen LogP contribution in [-0.4, -0.2) is 16.4 Å². The number of hydrogen-bond acceptors (Lipinski definition) is 1. The molecule has 0 radical (unpaired) electrons. The Kier molecular flexibility index (Phi) is 22.9. The molecule has 0 bridgehead atoms. The summed E-state index contributed by atoms with van der Waals surface area (Å²) in [6, 6.07) is 0. The zero-order valence-electron chi connectivity index (χ0n) is 8.03. The van der Waals surface area contributed by atoms with Gasteiger partial charge in [0.05, 0.1) is 0 Å². The molecule has 0 amide bonds. The van der Waals surface area contributed by atoms with E-state index in [1.807, 2.05) is 4.93 Å². The quantitative estimate of drug-likeness (QED) is 0.397. The van der Waals surface area contributed by atoms with Crippen LogP contribution in [0.15, 0.2) is 0 Å². The van der Waals surface area contributed by atoms with Gasteiger partial charge in [-0.25, -0.2) is 0 Å². The number of halogens is 1. The zero-order chi connectivity index (χ0) is 8.95. The zero-order valence-corrected chi connectivity index (χ0v) is 11.0. The van der Waals surface area contributed by atoms with E-state index >= 15 is 0 Å². The van der Waals surface area contributed by atoms with Gasteiger partial charge in [-0.2, -0.15) is 11.8 Å². The topological polar surface area (TPSA) is 0 Å². The number of unbranched alkanes of at least 4 members (excludes halogenated alkanes) is 2. The molecule has 0 aliphatic heterocycles. The van der Waals surface area contributed by atoms with Crippen molar-refractivity contribution in [1.29, 1.82) is 0 Å². The number of alkyl halides is 1. The van der Waals surface area contributed by atoms with Gasteiger partial charge in [0, 0.05) is 0 Å². The summed E-state index contributed by atoms with van der Waals surface area (Å²) in [4.78, 5) is 1.97. The summed E-state index contributed by atoms with van der Waals surface area (Å²) >= 11 is 4.25. The fourth-order valence-electron chi connectivity index (χ4n) is 0.595. The molecule has 0 aliphatic rings. The first-order chi connectivity index (χ1) is 5.41. The second kappa shape index (κ2) is 17.2. The van der Waals surface area contributed by atoms with Gasteiger partial charge in [0.25, 0.3) is 0 Å². The largest absolute Gasteiger partial charge is 0.162 e. The first kappa shape index (κ1) is 14.6. The van der Waals surface area contributed by atoms with Crippen molar-refractivity contribution in [2.75, 3.05) is 16.4 Å². The van der Waals surface area contributed by atoms with Gasteiger partial charge in [0.2, 0.25) is 0 Å². The van der Waals surface area contributed by atoms with Crippen molar-refractivity contribution in [2.45, 2.75) is 39.5 Å². The summed E-state index contributed by atoms with van der Waals surface area (Å²) in [6.45, 7) is 4.50. The van der Waals surface area contributed by atoms with Crippen molar-refractivity contribution in [3.8, 4) is 0 Å². The van der Waals surface area contributed by atoms with Gasteiger partial charge in [0.15, 0.2) is 0 Å². The van der Waals surface area contributed by atoms with Crippen LogP contribution >= 0.6 is 34.4 Å². The van der Waals surface area contributed by atoms with Gasteiger partial charge < -0.3 is 0 Å². The first-order valence-corrected chi connectivity index (χ1v) is 7.68. The molecule has 0 saturated carbocycles.